The van der Waals surface area contributed by atoms with Gasteiger partial charge in [0, 0.05) is 12.8 Å². The highest BCUT2D eigenvalue weighted by Crippen LogP contribution is 2.16. The van der Waals surface area contributed by atoms with E-state index in [1.54, 1.807) is 18.5 Å². The van der Waals surface area contributed by atoms with Crippen LogP contribution in [-0.4, -0.2) is 23.0 Å². The summed E-state index contributed by atoms with van der Waals surface area (Å²) >= 11 is 0. The van der Waals surface area contributed by atoms with E-state index in [-0.39, 0.29) is 12.0 Å². The second kappa shape index (κ2) is 3.70. The molecule has 2 aliphatic rings. The molecule has 1 fully saturated rings. The van der Waals surface area contributed by atoms with Crippen LogP contribution in [0, 0.1) is 0 Å². The third-order valence-electron chi connectivity index (χ3n) is 2.23. The summed E-state index contributed by atoms with van der Waals surface area (Å²) in [4.78, 5) is 0. The molecule has 2 rings (SSSR count). The number of nitrogens with zero attached hydrogens (tertiary/aromatic N) is 1. The molecule has 0 spiro atoms. The fourth-order valence-electron chi connectivity index (χ4n) is 1.51. The van der Waals surface area contributed by atoms with Crippen molar-refractivity contribution >= 4 is 0 Å². The summed E-state index contributed by atoms with van der Waals surface area (Å²) in [7, 11) is 0. The molecular weight excluding hydrogens is 168 g/mol. The molecule has 0 aliphatic carbocycles. The van der Waals surface area contributed by atoms with Crippen LogP contribution in [0.2, 0.25) is 0 Å². The Balaban J connectivity index is 1.91. The third-order valence-corrected chi connectivity index (χ3v) is 2.23. The van der Waals surface area contributed by atoms with Crippen molar-refractivity contribution in [1.29, 1.82) is 0 Å². The molecule has 2 heterocycles. The Morgan fingerprint density at radius 2 is 2.46 bits per heavy atom. The Morgan fingerprint density at radius 1 is 1.54 bits per heavy atom. The van der Waals surface area contributed by atoms with Gasteiger partial charge in [-0.1, -0.05) is 0 Å². The third kappa shape index (κ3) is 1.95. The van der Waals surface area contributed by atoms with E-state index in [0.717, 1.165) is 19.4 Å². The van der Waals surface area contributed by atoms with Crippen LogP contribution in [0.15, 0.2) is 24.2 Å². The zero-order valence-electron chi connectivity index (χ0n) is 7.44. The standard InChI is InChI=1S/C9H14N2O2/c12-8-4-5-11(10-7-8)9-3-1-2-6-13-9/h4-5,7,9-10,12H,1-3,6H2. The van der Waals surface area contributed by atoms with E-state index in [4.69, 9.17) is 9.84 Å². The van der Waals surface area contributed by atoms with Crippen LogP contribution in [0.4, 0.5) is 0 Å². The molecule has 13 heavy (non-hydrogen) atoms. The van der Waals surface area contributed by atoms with E-state index in [0.29, 0.717) is 0 Å². The monoisotopic (exact) mass is 182 g/mol. The number of nitrogens with one attached hydrogen (secondary N) is 1. The van der Waals surface area contributed by atoms with Crippen molar-refractivity contribution in [1.82, 2.24) is 10.4 Å². The Bertz CT molecular complexity index is 232. The fourth-order valence-corrected chi connectivity index (χ4v) is 1.51. The number of allylic oxidation sites excluding steroid dienone is 1. The van der Waals surface area contributed by atoms with Crippen LogP contribution >= 0.6 is 0 Å². The second-order valence-electron chi connectivity index (χ2n) is 3.24. The van der Waals surface area contributed by atoms with Crippen molar-refractivity contribution < 1.29 is 9.84 Å². The van der Waals surface area contributed by atoms with Crippen LogP contribution in [0.1, 0.15) is 19.3 Å². The molecule has 2 aliphatic heterocycles. The Kier molecular flexibility index (Phi) is 2.40. The number of hydrogen-bond donors (Lipinski definition) is 2. The molecule has 0 aromatic rings. The largest absolute Gasteiger partial charge is 0.506 e. The lowest BCUT2D eigenvalue weighted by atomic mass is 10.2. The van der Waals surface area contributed by atoms with Gasteiger partial charge in [0.25, 0.3) is 0 Å². The van der Waals surface area contributed by atoms with Gasteiger partial charge in [-0.25, -0.2) is 0 Å². The first-order chi connectivity index (χ1) is 6.36. The van der Waals surface area contributed by atoms with Gasteiger partial charge in [0.05, 0.1) is 6.20 Å². The van der Waals surface area contributed by atoms with Crippen LogP contribution < -0.4 is 5.43 Å². The molecule has 0 aromatic carbocycles. The van der Waals surface area contributed by atoms with Gasteiger partial charge in [0.1, 0.15) is 12.0 Å². The molecule has 1 atom stereocenters. The van der Waals surface area contributed by atoms with Gasteiger partial charge in [-0.05, 0) is 25.3 Å². The quantitative estimate of drug-likeness (QED) is 0.640. The molecule has 1 unspecified atom stereocenters. The van der Waals surface area contributed by atoms with E-state index >= 15 is 0 Å². The van der Waals surface area contributed by atoms with E-state index in [9.17, 15) is 0 Å². The number of aliphatic hydroxyl groups is 1. The highest BCUT2D eigenvalue weighted by molar-refractivity contribution is 5.12. The van der Waals surface area contributed by atoms with E-state index < -0.39 is 0 Å². The summed E-state index contributed by atoms with van der Waals surface area (Å²) in [6.45, 7) is 0.826. The SMILES string of the molecule is OC1=CNN(C2CCCCO2)C=C1. The molecule has 0 bridgehead atoms. The highest BCUT2D eigenvalue weighted by Gasteiger charge is 2.19. The first-order valence-electron chi connectivity index (χ1n) is 4.60. The van der Waals surface area contributed by atoms with Crippen molar-refractivity contribution in [2.75, 3.05) is 6.61 Å². The normalized spacial score (nSPS) is 28.2. The molecule has 4 heteroatoms. The van der Waals surface area contributed by atoms with Crippen LogP contribution in [0.25, 0.3) is 0 Å². The minimum Gasteiger partial charge on any atom is -0.506 e. The first-order valence-corrected chi connectivity index (χ1v) is 4.60. The van der Waals surface area contributed by atoms with Gasteiger partial charge in [-0.3, -0.25) is 5.01 Å². The first kappa shape index (κ1) is 8.44. The maximum atomic E-state index is 9.07. The average Bonchev–Trinajstić information content (AvgIpc) is 2.20. The fraction of sp³-hybridized carbons (Fsp3) is 0.556. The number of hydrogen-bond acceptors (Lipinski definition) is 4. The maximum absolute atomic E-state index is 9.07. The molecule has 0 radical (unpaired) electrons. The molecule has 1 saturated heterocycles. The Hall–Kier alpha value is -1.16. The van der Waals surface area contributed by atoms with Gasteiger partial charge in [0.15, 0.2) is 0 Å². The lowest BCUT2D eigenvalue weighted by Gasteiger charge is -2.33. The Morgan fingerprint density at radius 3 is 3.08 bits per heavy atom. The van der Waals surface area contributed by atoms with Crippen molar-refractivity contribution in [3.8, 4) is 0 Å². The Labute approximate surface area is 77.5 Å². The number of hydrazine groups is 1. The molecule has 2 N–H and O–H groups in total. The number of rotatable bonds is 1. The number of ether oxygens (including phenoxy) is 1. The van der Waals surface area contributed by atoms with Gasteiger partial charge in [0.2, 0.25) is 0 Å². The minimum atomic E-state index is 0.106. The van der Waals surface area contributed by atoms with Gasteiger partial charge >= 0.3 is 0 Å². The molecule has 0 saturated carbocycles. The van der Waals surface area contributed by atoms with Gasteiger partial charge in [-0.2, -0.15) is 0 Å². The maximum Gasteiger partial charge on any atom is 0.147 e. The van der Waals surface area contributed by atoms with Crippen molar-refractivity contribution in [3.63, 3.8) is 0 Å². The van der Waals surface area contributed by atoms with Crippen molar-refractivity contribution in [3.05, 3.63) is 24.2 Å². The highest BCUT2D eigenvalue weighted by atomic mass is 16.5. The zero-order valence-corrected chi connectivity index (χ0v) is 7.44. The molecule has 0 amide bonds. The molecule has 72 valence electrons. The minimum absolute atomic E-state index is 0.106. The van der Waals surface area contributed by atoms with Gasteiger partial charge in [-0.15, -0.1) is 0 Å². The summed E-state index contributed by atoms with van der Waals surface area (Å²) < 4.78 is 5.55. The average molecular weight is 182 g/mol. The van der Waals surface area contributed by atoms with E-state index in [1.165, 1.54) is 6.42 Å². The number of aliphatic hydroxyl groups excluding tert-OH is 1. The lowest BCUT2D eigenvalue weighted by molar-refractivity contribution is -0.0802. The van der Waals surface area contributed by atoms with Gasteiger partial charge < -0.3 is 15.3 Å². The predicted molar refractivity (Wildman–Crippen MR) is 48.4 cm³/mol. The summed E-state index contributed by atoms with van der Waals surface area (Å²) in [6.07, 6.45) is 8.49. The lowest BCUT2D eigenvalue weighted by Crippen LogP contribution is -2.43. The van der Waals surface area contributed by atoms with Crippen LogP contribution in [0.5, 0.6) is 0 Å². The van der Waals surface area contributed by atoms with Crippen LogP contribution in [0.3, 0.4) is 0 Å². The van der Waals surface area contributed by atoms with Crippen molar-refractivity contribution in [2.24, 2.45) is 0 Å². The predicted octanol–water partition coefficient (Wildman–Crippen LogP) is 1.25. The summed E-state index contributed by atoms with van der Waals surface area (Å²) in [5.41, 5.74) is 2.95. The zero-order chi connectivity index (χ0) is 9.10. The van der Waals surface area contributed by atoms with E-state index in [2.05, 4.69) is 5.43 Å². The van der Waals surface area contributed by atoms with E-state index in [1.807, 2.05) is 5.01 Å². The topological polar surface area (TPSA) is 44.7 Å². The molecule has 4 nitrogen and oxygen atoms in total. The van der Waals surface area contributed by atoms with Crippen molar-refractivity contribution in [2.45, 2.75) is 25.5 Å². The summed E-state index contributed by atoms with van der Waals surface area (Å²) in [5, 5.41) is 10.9. The molecular formula is C9H14N2O2. The summed E-state index contributed by atoms with van der Waals surface area (Å²) in [5.74, 6) is 0.243. The smallest absolute Gasteiger partial charge is 0.147 e. The van der Waals surface area contributed by atoms with Crippen LogP contribution in [-0.2, 0) is 4.74 Å². The molecule has 0 aromatic heterocycles. The second-order valence-corrected chi connectivity index (χ2v) is 3.24. The summed E-state index contributed by atoms with van der Waals surface area (Å²) in [6, 6.07) is 0.